The molecule has 5 rings (SSSR count). The van der Waals surface area contributed by atoms with Crippen LogP contribution in [-0.4, -0.2) is 66.4 Å². The van der Waals surface area contributed by atoms with Crippen molar-refractivity contribution in [1.82, 2.24) is 14.7 Å². The first-order valence-corrected chi connectivity index (χ1v) is 12.1. The van der Waals surface area contributed by atoms with Crippen LogP contribution < -0.4 is 0 Å². The predicted molar refractivity (Wildman–Crippen MR) is 125 cm³/mol. The van der Waals surface area contributed by atoms with Crippen molar-refractivity contribution in [3.63, 3.8) is 0 Å². The van der Waals surface area contributed by atoms with Crippen LogP contribution in [0.2, 0.25) is 0 Å². The summed E-state index contributed by atoms with van der Waals surface area (Å²) in [6, 6.07) is 19.3. The van der Waals surface area contributed by atoms with Crippen molar-refractivity contribution in [2.75, 3.05) is 45.8 Å². The average molecular weight is 418 g/mol. The second kappa shape index (κ2) is 9.54. The van der Waals surface area contributed by atoms with Crippen LogP contribution in [-0.2, 0) is 11.3 Å². The Labute approximate surface area is 186 Å². The third kappa shape index (κ3) is 4.86. The van der Waals surface area contributed by atoms with E-state index in [9.17, 15) is 4.79 Å². The third-order valence-electron chi connectivity index (χ3n) is 7.53. The quantitative estimate of drug-likeness (QED) is 0.737. The zero-order valence-electron chi connectivity index (χ0n) is 18.6. The molecule has 0 aliphatic carbocycles. The van der Waals surface area contributed by atoms with Gasteiger partial charge < -0.3 is 9.80 Å². The number of fused-ring (bicyclic) bond motifs is 1. The fraction of sp³-hybridized carbons (Fsp3) is 0.519. The summed E-state index contributed by atoms with van der Waals surface area (Å²) in [7, 11) is 0. The molecule has 1 unspecified atom stereocenters. The largest absolute Gasteiger partial charge is 0.336 e. The number of nitrogens with zero attached hydrogens (tertiary/aromatic N) is 3. The van der Waals surface area contributed by atoms with Gasteiger partial charge in [0.1, 0.15) is 0 Å². The fourth-order valence-electron chi connectivity index (χ4n) is 5.72. The highest BCUT2D eigenvalue weighted by Crippen LogP contribution is 2.33. The highest BCUT2D eigenvalue weighted by atomic mass is 16.2. The minimum absolute atomic E-state index is 0.265. The molecular formula is C27H35N3O. The molecule has 164 valence electrons. The van der Waals surface area contributed by atoms with E-state index in [-0.39, 0.29) is 11.8 Å². The van der Waals surface area contributed by atoms with Crippen LogP contribution in [0.1, 0.15) is 48.3 Å². The molecule has 0 aromatic heterocycles. The van der Waals surface area contributed by atoms with Crippen LogP contribution in [0.15, 0.2) is 54.6 Å². The fourth-order valence-corrected chi connectivity index (χ4v) is 5.72. The van der Waals surface area contributed by atoms with Crippen LogP contribution in [0.4, 0.5) is 0 Å². The second-order valence-electron chi connectivity index (χ2n) is 9.66. The zero-order valence-corrected chi connectivity index (χ0v) is 18.6. The van der Waals surface area contributed by atoms with Crippen molar-refractivity contribution in [2.45, 2.75) is 38.1 Å². The number of carbonyl (C=O) groups excluding carboxylic acids is 1. The molecule has 0 bridgehead atoms. The lowest BCUT2D eigenvalue weighted by Gasteiger charge is -2.38. The topological polar surface area (TPSA) is 26.8 Å². The molecule has 1 atom stereocenters. The van der Waals surface area contributed by atoms with Gasteiger partial charge in [-0.25, -0.2) is 0 Å². The summed E-state index contributed by atoms with van der Waals surface area (Å²) < 4.78 is 0. The smallest absolute Gasteiger partial charge is 0.237 e. The van der Waals surface area contributed by atoms with Crippen molar-refractivity contribution in [2.24, 2.45) is 5.92 Å². The summed E-state index contributed by atoms with van der Waals surface area (Å²) in [5.41, 5.74) is 3.97. The van der Waals surface area contributed by atoms with E-state index in [4.69, 9.17) is 0 Å². The maximum absolute atomic E-state index is 13.3. The van der Waals surface area contributed by atoms with Crippen molar-refractivity contribution >= 4 is 5.91 Å². The lowest BCUT2D eigenvalue weighted by molar-refractivity contribution is -0.134. The van der Waals surface area contributed by atoms with Crippen LogP contribution in [0.5, 0.6) is 0 Å². The average Bonchev–Trinajstić information content (AvgIpc) is 3.33. The lowest BCUT2D eigenvalue weighted by Crippen LogP contribution is -2.46. The number of carbonyl (C=O) groups is 1. The molecule has 2 aromatic rings. The minimum Gasteiger partial charge on any atom is -0.336 e. The van der Waals surface area contributed by atoms with Gasteiger partial charge in [0.05, 0.1) is 6.54 Å². The van der Waals surface area contributed by atoms with Crippen molar-refractivity contribution in [1.29, 1.82) is 0 Å². The minimum atomic E-state index is 0.265. The van der Waals surface area contributed by atoms with Gasteiger partial charge in [0, 0.05) is 25.6 Å². The Morgan fingerprint density at radius 3 is 2.32 bits per heavy atom. The van der Waals surface area contributed by atoms with Gasteiger partial charge in [-0.2, -0.15) is 0 Å². The molecule has 4 heteroatoms. The lowest BCUT2D eigenvalue weighted by atomic mass is 9.84. The second-order valence-corrected chi connectivity index (χ2v) is 9.66. The molecule has 0 saturated carbocycles. The molecule has 0 spiro atoms. The van der Waals surface area contributed by atoms with Crippen LogP contribution in [0.3, 0.4) is 0 Å². The van der Waals surface area contributed by atoms with Crippen LogP contribution in [0, 0.1) is 5.92 Å². The van der Waals surface area contributed by atoms with Crippen molar-refractivity contribution < 1.29 is 4.79 Å². The molecule has 2 aromatic carbocycles. The summed E-state index contributed by atoms with van der Waals surface area (Å²) in [5.74, 6) is 1.36. The molecule has 1 amide bonds. The van der Waals surface area contributed by atoms with Gasteiger partial charge in [-0.15, -0.1) is 0 Å². The number of likely N-dealkylation sites (tertiary alicyclic amines) is 2. The van der Waals surface area contributed by atoms with E-state index in [0.717, 1.165) is 32.1 Å². The first-order valence-electron chi connectivity index (χ1n) is 12.1. The molecule has 0 N–H and O–H groups in total. The highest BCUT2D eigenvalue weighted by molar-refractivity contribution is 5.79. The number of benzene rings is 2. The summed E-state index contributed by atoms with van der Waals surface area (Å²) >= 11 is 0. The summed E-state index contributed by atoms with van der Waals surface area (Å²) in [5, 5.41) is 0. The van der Waals surface area contributed by atoms with Crippen LogP contribution in [0.25, 0.3) is 0 Å². The van der Waals surface area contributed by atoms with Gasteiger partial charge in [0.25, 0.3) is 0 Å². The first kappa shape index (κ1) is 20.7. The molecule has 4 nitrogen and oxygen atoms in total. The Morgan fingerprint density at radius 2 is 1.55 bits per heavy atom. The summed E-state index contributed by atoms with van der Waals surface area (Å²) in [6.45, 7) is 8.07. The van der Waals surface area contributed by atoms with Gasteiger partial charge in [0.15, 0.2) is 0 Å². The van der Waals surface area contributed by atoms with Crippen molar-refractivity contribution in [3.05, 3.63) is 71.3 Å². The van der Waals surface area contributed by atoms with E-state index >= 15 is 0 Å². The molecule has 2 saturated heterocycles. The molecule has 3 aliphatic heterocycles. The molecule has 3 aliphatic rings. The number of rotatable bonds is 5. The Bertz CT molecular complexity index is 869. The predicted octanol–water partition coefficient (Wildman–Crippen LogP) is 3.97. The Balaban J connectivity index is 1.20. The zero-order chi connectivity index (χ0) is 21.0. The van der Waals surface area contributed by atoms with Gasteiger partial charge in [-0.05, 0) is 74.5 Å². The summed E-state index contributed by atoms with van der Waals surface area (Å²) in [6.07, 6.45) is 5.21. The molecule has 3 heterocycles. The number of hydrogen-bond donors (Lipinski definition) is 0. The van der Waals surface area contributed by atoms with Gasteiger partial charge >= 0.3 is 0 Å². The van der Waals surface area contributed by atoms with Gasteiger partial charge in [-0.1, -0.05) is 54.6 Å². The van der Waals surface area contributed by atoms with E-state index in [1.807, 2.05) is 0 Å². The van der Waals surface area contributed by atoms with Crippen molar-refractivity contribution in [3.8, 4) is 0 Å². The van der Waals surface area contributed by atoms with Gasteiger partial charge in [0.2, 0.25) is 5.91 Å². The number of piperidine rings is 1. The number of hydrogen-bond acceptors (Lipinski definition) is 3. The van der Waals surface area contributed by atoms with E-state index < -0.39 is 0 Å². The first-order chi connectivity index (χ1) is 15.3. The van der Waals surface area contributed by atoms with E-state index in [1.54, 1.807) is 0 Å². The number of amides is 1. The monoisotopic (exact) mass is 417 g/mol. The normalized spacial score (nSPS) is 23.1. The Morgan fingerprint density at radius 1 is 0.839 bits per heavy atom. The van der Waals surface area contributed by atoms with E-state index in [1.165, 1.54) is 62.0 Å². The van der Waals surface area contributed by atoms with E-state index in [2.05, 4.69) is 69.3 Å². The Kier molecular flexibility index (Phi) is 6.37. The summed E-state index contributed by atoms with van der Waals surface area (Å²) in [4.78, 5) is 20.4. The van der Waals surface area contributed by atoms with Crippen LogP contribution >= 0.6 is 0 Å². The molecule has 31 heavy (non-hydrogen) atoms. The Hall–Kier alpha value is -2.17. The maximum Gasteiger partial charge on any atom is 0.237 e. The molecular weight excluding hydrogens is 382 g/mol. The van der Waals surface area contributed by atoms with E-state index in [0.29, 0.717) is 6.54 Å². The van der Waals surface area contributed by atoms with Gasteiger partial charge in [-0.3, -0.25) is 9.69 Å². The SMILES string of the molecule is O=C(CN1CCC(CN2CCCC2)CC1)N1Cc2ccccc2C(c2ccccc2)C1. The maximum atomic E-state index is 13.3. The molecule has 2 fully saturated rings. The standard InChI is InChI=1S/C27H35N3O/c31-27(21-29-16-12-22(13-17-29)18-28-14-6-7-15-28)30-19-24-10-4-5-11-25(24)26(20-30)23-8-2-1-3-9-23/h1-5,8-11,22,26H,6-7,12-21H2. The third-order valence-corrected chi connectivity index (χ3v) is 7.53. The highest BCUT2D eigenvalue weighted by Gasteiger charge is 2.30. The molecule has 0 radical (unpaired) electrons.